The fourth-order valence-corrected chi connectivity index (χ4v) is 0. The molecule has 1 aliphatic rings. The van der Waals surface area contributed by atoms with Crippen LogP contribution in [0.1, 0.15) is 19.3 Å². The van der Waals surface area contributed by atoms with E-state index in [-0.39, 0.29) is 4.49 Å². The van der Waals surface area contributed by atoms with Crippen LogP contribution in [0.25, 0.3) is 0 Å². The Morgan fingerprint density at radius 1 is 1.14 bits per heavy atom. The third-order valence-corrected chi connectivity index (χ3v) is 0.354. The minimum Gasteiger partial charge on any atom is -0.0716 e. The van der Waals surface area contributed by atoms with Gasteiger partial charge in [0.2, 0.25) is 0 Å². The van der Waals surface area contributed by atoms with Crippen LogP contribution in [0, 0.1) is 0 Å². The molecule has 0 spiro atoms. The summed E-state index contributed by atoms with van der Waals surface area (Å²) in [6.07, 6.45) is 4.50. The molecule has 0 aromatic carbocycles. The molecular weight excluding hydrogens is 131 g/mol. The van der Waals surface area contributed by atoms with E-state index in [2.05, 4.69) is 6.58 Å². The molecule has 0 atom stereocenters. The van der Waals surface area contributed by atoms with Crippen molar-refractivity contribution >= 4 is 23.2 Å². The molecule has 0 nitrogen and oxygen atoms in total. The third-order valence-electron chi connectivity index (χ3n) is 0.354. The number of hydrogen-bond acceptors (Lipinski definition) is 0. The molecule has 0 amide bonds. The van der Waals surface area contributed by atoms with E-state index < -0.39 is 0 Å². The summed E-state index contributed by atoms with van der Waals surface area (Å²) in [5.41, 5.74) is 0. The number of hydrogen-bond donors (Lipinski definition) is 0. The van der Waals surface area contributed by atoms with E-state index in [9.17, 15) is 0 Å². The van der Waals surface area contributed by atoms with Crippen LogP contribution in [0.15, 0.2) is 11.1 Å². The zero-order valence-electron chi connectivity index (χ0n) is 4.08. The van der Waals surface area contributed by atoms with E-state index in [1.165, 1.54) is 19.3 Å². The topological polar surface area (TPSA) is 0 Å². The minimum atomic E-state index is 0.111. The SMILES string of the molecule is C1CC1.C=C(Cl)Cl. The molecule has 0 unspecified atom stereocenters. The first-order valence-electron chi connectivity index (χ1n) is 2.23. The number of rotatable bonds is 0. The molecule has 42 valence electrons. The molecular formula is C5H8Cl2. The van der Waals surface area contributed by atoms with Gasteiger partial charge in [0, 0.05) is 0 Å². The van der Waals surface area contributed by atoms with Crippen molar-refractivity contribution in [3.05, 3.63) is 11.1 Å². The van der Waals surface area contributed by atoms with E-state index in [1.807, 2.05) is 0 Å². The fraction of sp³-hybridized carbons (Fsp3) is 0.600. The summed E-state index contributed by atoms with van der Waals surface area (Å²) in [5.74, 6) is 0. The highest BCUT2D eigenvalue weighted by molar-refractivity contribution is 6.55. The van der Waals surface area contributed by atoms with E-state index >= 15 is 0 Å². The van der Waals surface area contributed by atoms with Crippen molar-refractivity contribution in [1.29, 1.82) is 0 Å². The largest absolute Gasteiger partial charge is 0.0992 e. The van der Waals surface area contributed by atoms with Gasteiger partial charge in [-0.15, -0.1) is 0 Å². The Labute approximate surface area is 54.1 Å². The predicted molar refractivity (Wildman–Crippen MR) is 34.7 cm³/mol. The molecule has 0 saturated heterocycles. The first-order valence-corrected chi connectivity index (χ1v) is 2.99. The lowest BCUT2D eigenvalue weighted by atomic mass is 11.0. The highest BCUT2D eigenvalue weighted by Gasteiger charge is 1.95. The Balaban J connectivity index is 0.000000105. The second-order valence-corrected chi connectivity index (χ2v) is 2.51. The van der Waals surface area contributed by atoms with Gasteiger partial charge in [-0.25, -0.2) is 0 Å². The quantitative estimate of drug-likeness (QED) is 0.483. The normalized spacial score (nSPS) is 14.0. The summed E-state index contributed by atoms with van der Waals surface area (Å²) in [7, 11) is 0. The Hall–Kier alpha value is 0.320. The van der Waals surface area contributed by atoms with Crippen LogP contribution in [0.4, 0.5) is 0 Å². The van der Waals surface area contributed by atoms with E-state index in [0.717, 1.165) is 0 Å². The zero-order chi connectivity index (χ0) is 5.70. The average molecular weight is 139 g/mol. The highest BCUT2D eigenvalue weighted by atomic mass is 35.5. The highest BCUT2D eigenvalue weighted by Crippen LogP contribution is 2.14. The molecule has 1 rings (SSSR count). The molecule has 1 fully saturated rings. The summed E-state index contributed by atoms with van der Waals surface area (Å²) in [6, 6.07) is 0. The van der Waals surface area contributed by atoms with Crippen molar-refractivity contribution in [3.8, 4) is 0 Å². The van der Waals surface area contributed by atoms with Crippen LogP contribution in [-0.4, -0.2) is 0 Å². The summed E-state index contributed by atoms with van der Waals surface area (Å²) in [5, 5.41) is 0. The molecule has 0 N–H and O–H groups in total. The van der Waals surface area contributed by atoms with Crippen LogP contribution < -0.4 is 0 Å². The Morgan fingerprint density at radius 3 is 1.29 bits per heavy atom. The zero-order valence-corrected chi connectivity index (χ0v) is 5.60. The minimum absolute atomic E-state index is 0.111. The molecule has 1 saturated carbocycles. The van der Waals surface area contributed by atoms with Gasteiger partial charge in [-0.2, -0.15) is 0 Å². The molecule has 0 aromatic heterocycles. The summed E-state index contributed by atoms with van der Waals surface area (Å²) in [4.78, 5) is 0. The molecule has 1 aliphatic carbocycles. The molecule has 0 radical (unpaired) electrons. The van der Waals surface area contributed by atoms with Gasteiger partial charge in [-0.3, -0.25) is 0 Å². The molecule has 0 aliphatic heterocycles. The number of halogens is 2. The maximum Gasteiger partial charge on any atom is 0.0992 e. The van der Waals surface area contributed by atoms with E-state index in [4.69, 9.17) is 23.2 Å². The van der Waals surface area contributed by atoms with Crippen molar-refractivity contribution in [3.63, 3.8) is 0 Å². The van der Waals surface area contributed by atoms with Gasteiger partial charge in [0.25, 0.3) is 0 Å². The van der Waals surface area contributed by atoms with Crippen LogP contribution in [0.3, 0.4) is 0 Å². The molecule has 0 bridgehead atoms. The van der Waals surface area contributed by atoms with Gasteiger partial charge < -0.3 is 0 Å². The maximum absolute atomic E-state index is 4.85. The van der Waals surface area contributed by atoms with Crippen molar-refractivity contribution in [1.82, 2.24) is 0 Å². The first kappa shape index (κ1) is 7.32. The van der Waals surface area contributed by atoms with Crippen molar-refractivity contribution in [2.45, 2.75) is 19.3 Å². The fourth-order valence-electron chi connectivity index (χ4n) is 0. The second-order valence-electron chi connectivity index (χ2n) is 1.40. The Bertz CT molecular complexity index is 50.3. The van der Waals surface area contributed by atoms with Crippen LogP contribution in [0.5, 0.6) is 0 Å². The first-order chi connectivity index (χ1) is 3.23. The predicted octanol–water partition coefficient (Wildman–Crippen LogP) is 3.11. The summed E-state index contributed by atoms with van der Waals surface area (Å²) in [6.45, 7) is 3.09. The van der Waals surface area contributed by atoms with Crippen LogP contribution in [-0.2, 0) is 0 Å². The standard InChI is InChI=1S/C3H6.C2H2Cl2/c1-2-3-1;1-2(3)4/h1-3H2;1H2. The lowest BCUT2D eigenvalue weighted by molar-refractivity contribution is 1.50. The van der Waals surface area contributed by atoms with E-state index in [1.54, 1.807) is 0 Å². The smallest absolute Gasteiger partial charge is 0.0716 e. The Morgan fingerprint density at radius 2 is 1.29 bits per heavy atom. The van der Waals surface area contributed by atoms with Crippen molar-refractivity contribution in [2.24, 2.45) is 0 Å². The molecule has 2 heteroatoms. The van der Waals surface area contributed by atoms with Gasteiger partial charge in [-0.1, -0.05) is 49.0 Å². The van der Waals surface area contributed by atoms with Gasteiger partial charge in [0.05, 0.1) is 4.49 Å². The van der Waals surface area contributed by atoms with Crippen molar-refractivity contribution < 1.29 is 0 Å². The van der Waals surface area contributed by atoms with E-state index in [0.29, 0.717) is 0 Å². The van der Waals surface area contributed by atoms with Gasteiger partial charge in [0.15, 0.2) is 0 Å². The van der Waals surface area contributed by atoms with Crippen LogP contribution >= 0.6 is 23.2 Å². The van der Waals surface area contributed by atoms with Crippen molar-refractivity contribution in [2.75, 3.05) is 0 Å². The lowest BCUT2D eigenvalue weighted by Gasteiger charge is -1.57. The summed E-state index contributed by atoms with van der Waals surface area (Å²) >= 11 is 9.69. The molecule has 0 heterocycles. The molecule has 7 heavy (non-hydrogen) atoms. The third kappa shape index (κ3) is 67.7. The van der Waals surface area contributed by atoms with Gasteiger partial charge in [0.1, 0.15) is 0 Å². The monoisotopic (exact) mass is 138 g/mol. The second kappa shape index (κ2) is 4.48. The molecule has 0 aromatic rings. The van der Waals surface area contributed by atoms with Gasteiger partial charge in [-0.05, 0) is 0 Å². The summed E-state index contributed by atoms with van der Waals surface area (Å²) < 4.78 is 0.111. The lowest BCUT2D eigenvalue weighted by Crippen LogP contribution is -1.24. The van der Waals surface area contributed by atoms with Gasteiger partial charge >= 0.3 is 0 Å². The Kier molecular flexibility index (Phi) is 4.68. The average Bonchev–Trinajstić information content (AvgIpc) is 2.02. The maximum atomic E-state index is 4.85. The van der Waals surface area contributed by atoms with Crippen LogP contribution in [0.2, 0.25) is 0 Å².